The largest absolute Gasteiger partial charge is 0.384 e. The summed E-state index contributed by atoms with van der Waals surface area (Å²) in [6.07, 6.45) is 1.89. The van der Waals surface area contributed by atoms with Gasteiger partial charge in [-0.1, -0.05) is 13.0 Å². The molecule has 18 heavy (non-hydrogen) atoms. The van der Waals surface area contributed by atoms with E-state index < -0.39 is 0 Å². The van der Waals surface area contributed by atoms with Crippen molar-refractivity contribution in [3.05, 3.63) is 41.7 Å². The molecule has 0 fully saturated rings. The van der Waals surface area contributed by atoms with E-state index in [0.717, 1.165) is 27.6 Å². The van der Waals surface area contributed by atoms with Crippen molar-refractivity contribution in [2.24, 2.45) is 5.73 Å². The topological polar surface area (TPSA) is 67.7 Å². The number of nitrogens with zero attached hydrogens (tertiary/aromatic N) is 2. The lowest BCUT2D eigenvalue weighted by molar-refractivity contribution is 0.856. The average Bonchev–Trinajstić information content (AvgIpc) is 2.75. The molecular weight excluding hydrogens is 244 g/mol. The molecule has 3 N–H and O–H groups in total. The Morgan fingerprint density at radius 1 is 1.44 bits per heavy atom. The Kier molecular flexibility index (Phi) is 3.72. The van der Waals surface area contributed by atoms with E-state index in [2.05, 4.69) is 12.0 Å². The molecule has 0 atom stereocenters. The number of hydrogen-bond acceptors (Lipinski definition) is 3. The number of nitrogen functional groups attached to an aromatic ring is 1. The van der Waals surface area contributed by atoms with E-state index >= 15 is 0 Å². The summed E-state index contributed by atoms with van der Waals surface area (Å²) in [6.45, 7) is 4.02. The number of thioether (sulfide) groups is 1. The van der Waals surface area contributed by atoms with Gasteiger partial charge >= 0.3 is 0 Å². The van der Waals surface area contributed by atoms with Gasteiger partial charge in [0.05, 0.1) is 16.9 Å². The molecule has 1 aromatic carbocycles. The van der Waals surface area contributed by atoms with Gasteiger partial charge < -0.3 is 5.73 Å². The van der Waals surface area contributed by atoms with E-state index in [1.54, 1.807) is 16.4 Å². The second-order valence-electron chi connectivity index (χ2n) is 3.90. The summed E-state index contributed by atoms with van der Waals surface area (Å²) in [6, 6.07) is 7.83. The smallest absolute Gasteiger partial charge is 0.126 e. The first-order chi connectivity index (χ1) is 8.63. The van der Waals surface area contributed by atoms with Crippen LogP contribution in [0.5, 0.6) is 0 Å². The molecule has 0 aliphatic rings. The third-order valence-corrected chi connectivity index (χ3v) is 3.48. The molecule has 0 bridgehead atoms. The number of nitrogens with two attached hydrogens (primary N) is 1. The summed E-state index contributed by atoms with van der Waals surface area (Å²) in [5.74, 6) is 1.02. The van der Waals surface area contributed by atoms with Crippen LogP contribution in [0, 0.1) is 12.3 Å². The highest BCUT2D eigenvalue weighted by Gasteiger charge is 2.13. The summed E-state index contributed by atoms with van der Waals surface area (Å²) >= 11 is 1.68. The minimum atomic E-state index is 0.0784. The van der Waals surface area contributed by atoms with Gasteiger partial charge in [0.1, 0.15) is 5.84 Å². The van der Waals surface area contributed by atoms with Gasteiger partial charge in [0.2, 0.25) is 0 Å². The van der Waals surface area contributed by atoms with Crippen molar-refractivity contribution >= 4 is 17.6 Å². The first-order valence-electron chi connectivity index (χ1n) is 5.76. The molecule has 0 saturated carbocycles. The van der Waals surface area contributed by atoms with Gasteiger partial charge in [-0.3, -0.25) is 5.41 Å². The Hall–Kier alpha value is -1.75. The number of aromatic nitrogens is 2. The lowest BCUT2D eigenvalue weighted by atomic mass is 10.1. The first-order valence-corrected chi connectivity index (χ1v) is 6.75. The number of benzene rings is 1. The molecule has 0 radical (unpaired) electrons. The fourth-order valence-corrected chi connectivity index (χ4v) is 2.65. The molecule has 0 unspecified atom stereocenters. The van der Waals surface area contributed by atoms with Crippen LogP contribution in [0.25, 0.3) is 5.69 Å². The molecule has 0 aliphatic heterocycles. The van der Waals surface area contributed by atoms with Crippen LogP contribution in [0.2, 0.25) is 0 Å². The van der Waals surface area contributed by atoms with Gasteiger partial charge in [-0.2, -0.15) is 5.10 Å². The van der Waals surface area contributed by atoms with Crippen molar-refractivity contribution in [3.8, 4) is 5.69 Å². The van der Waals surface area contributed by atoms with E-state index in [0.29, 0.717) is 0 Å². The van der Waals surface area contributed by atoms with E-state index in [1.165, 1.54) is 0 Å². The van der Waals surface area contributed by atoms with Crippen molar-refractivity contribution in [1.82, 2.24) is 9.78 Å². The minimum Gasteiger partial charge on any atom is -0.384 e. The average molecular weight is 260 g/mol. The Morgan fingerprint density at radius 3 is 2.78 bits per heavy atom. The van der Waals surface area contributed by atoms with Crippen molar-refractivity contribution in [2.45, 2.75) is 18.7 Å². The van der Waals surface area contributed by atoms with Gasteiger partial charge in [-0.25, -0.2) is 4.68 Å². The summed E-state index contributed by atoms with van der Waals surface area (Å²) in [4.78, 5) is 1.02. The molecule has 1 heterocycles. The SMILES string of the molecule is CCSc1cccc(-n2ccc(C)n2)c1C(=N)N. The summed E-state index contributed by atoms with van der Waals surface area (Å²) < 4.78 is 1.77. The van der Waals surface area contributed by atoms with Crippen molar-refractivity contribution in [1.29, 1.82) is 5.41 Å². The van der Waals surface area contributed by atoms with Gasteiger partial charge in [0, 0.05) is 11.1 Å². The lowest BCUT2D eigenvalue weighted by Crippen LogP contribution is -2.16. The summed E-state index contributed by atoms with van der Waals surface area (Å²) in [7, 11) is 0. The van der Waals surface area contributed by atoms with E-state index in [1.807, 2.05) is 37.4 Å². The van der Waals surface area contributed by atoms with Crippen LogP contribution in [0.15, 0.2) is 35.4 Å². The quantitative estimate of drug-likeness (QED) is 0.504. The zero-order valence-electron chi connectivity index (χ0n) is 10.5. The van der Waals surface area contributed by atoms with Crippen LogP contribution in [-0.2, 0) is 0 Å². The maximum absolute atomic E-state index is 7.77. The third kappa shape index (κ3) is 2.41. The first kappa shape index (κ1) is 12.7. The Balaban J connectivity index is 2.59. The number of rotatable bonds is 4. The monoisotopic (exact) mass is 260 g/mol. The van der Waals surface area contributed by atoms with Crippen LogP contribution >= 0.6 is 11.8 Å². The molecule has 94 valence electrons. The molecule has 2 aromatic rings. The highest BCUT2D eigenvalue weighted by atomic mass is 32.2. The standard InChI is InChI=1S/C13H16N4S/c1-3-18-11-6-4-5-10(12(11)13(14)15)17-8-7-9(2)16-17/h4-8H,3H2,1-2H3,(H3,14,15). The van der Waals surface area contributed by atoms with Crippen molar-refractivity contribution in [3.63, 3.8) is 0 Å². The second kappa shape index (κ2) is 5.27. The molecule has 0 spiro atoms. The third-order valence-electron chi connectivity index (χ3n) is 2.54. The maximum Gasteiger partial charge on any atom is 0.126 e. The molecule has 5 heteroatoms. The zero-order chi connectivity index (χ0) is 13.1. The molecule has 0 aliphatic carbocycles. The van der Waals surface area contributed by atoms with Crippen molar-refractivity contribution in [2.75, 3.05) is 5.75 Å². The van der Waals surface area contributed by atoms with Crippen LogP contribution in [-0.4, -0.2) is 21.4 Å². The van der Waals surface area contributed by atoms with Gasteiger partial charge in [0.15, 0.2) is 0 Å². The number of aryl methyl sites for hydroxylation is 1. The van der Waals surface area contributed by atoms with Gasteiger partial charge in [-0.15, -0.1) is 11.8 Å². The molecule has 0 saturated heterocycles. The lowest BCUT2D eigenvalue weighted by Gasteiger charge is -2.12. The predicted molar refractivity (Wildman–Crippen MR) is 75.7 cm³/mol. The van der Waals surface area contributed by atoms with E-state index in [-0.39, 0.29) is 5.84 Å². The number of nitrogens with one attached hydrogen (secondary N) is 1. The number of amidine groups is 1. The van der Waals surface area contributed by atoms with Crippen LogP contribution in [0.3, 0.4) is 0 Å². The Labute approximate surface area is 111 Å². The normalized spacial score (nSPS) is 10.6. The minimum absolute atomic E-state index is 0.0784. The molecule has 1 aromatic heterocycles. The Morgan fingerprint density at radius 2 is 2.22 bits per heavy atom. The van der Waals surface area contributed by atoms with Crippen molar-refractivity contribution < 1.29 is 0 Å². The predicted octanol–water partition coefficient (Wildman–Crippen LogP) is 2.58. The number of hydrogen-bond donors (Lipinski definition) is 2. The highest BCUT2D eigenvalue weighted by Crippen LogP contribution is 2.27. The molecule has 4 nitrogen and oxygen atoms in total. The molecular formula is C13H16N4S. The van der Waals surface area contributed by atoms with Crippen LogP contribution in [0.1, 0.15) is 18.2 Å². The van der Waals surface area contributed by atoms with Crippen LogP contribution in [0.4, 0.5) is 0 Å². The van der Waals surface area contributed by atoms with Crippen LogP contribution < -0.4 is 5.73 Å². The van der Waals surface area contributed by atoms with E-state index in [4.69, 9.17) is 11.1 Å². The second-order valence-corrected chi connectivity index (χ2v) is 5.20. The zero-order valence-corrected chi connectivity index (χ0v) is 11.3. The fourth-order valence-electron chi connectivity index (χ4n) is 1.81. The summed E-state index contributed by atoms with van der Waals surface area (Å²) in [5, 5.41) is 12.2. The van der Waals surface area contributed by atoms with E-state index in [9.17, 15) is 0 Å². The maximum atomic E-state index is 7.77. The molecule has 0 amide bonds. The molecule has 2 rings (SSSR count). The van der Waals surface area contributed by atoms with Gasteiger partial charge in [-0.05, 0) is 30.9 Å². The Bertz CT molecular complexity index is 574. The highest BCUT2D eigenvalue weighted by molar-refractivity contribution is 7.99. The van der Waals surface area contributed by atoms with Gasteiger partial charge in [0.25, 0.3) is 0 Å². The fraction of sp³-hybridized carbons (Fsp3) is 0.231. The summed E-state index contributed by atoms with van der Waals surface area (Å²) in [5.41, 5.74) is 8.27.